The predicted molar refractivity (Wildman–Crippen MR) is 40.6 cm³/mol. The molecule has 0 radical (unpaired) electrons. The van der Waals surface area contributed by atoms with Crippen LogP contribution in [0.2, 0.25) is 0 Å². The van der Waals surface area contributed by atoms with E-state index in [9.17, 15) is 4.79 Å². The number of nitrogens with one attached hydrogen (secondary N) is 1. The van der Waals surface area contributed by atoms with Gasteiger partial charge in [-0.15, -0.1) is 0 Å². The molecule has 0 bridgehead atoms. The summed E-state index contributed by atoms with van der Waals surface area (Å²) in [7, 11) is 0. The molecule has 1 aromatic rings. The molecule has 0 aliphatic carbocycles. The van der Waals surface area contributed by atoms with Crippen LogP contribution >= 0.6 is 0 Å². The first-order valence-corrected chi connectivity index (χ1v) is 2.96. The van der Waals surface area contributed by atoms with E-state index >= 15 is 0 Å². The molecule has 11 heavy (non-hydrogen) atoms. The van der Waals surface area contributed by atoms with Gasteiger partial charge in [0.15, 0.2) is 0 Å². The van der Waals surface area contributed by atoms with Crippen molar-refractivity contribution in [2.24, 2.45) is 11.6 Å². The molecular formula is C6H8N4O. The van der Waals surface area contributed by atoms with Gasteiger partial charge >= 0.3 is 0 Å². The van der Waals surface area contributed by atoms with Crippen molar-refractivity contribution in [3.05, 3.63) is 24.0 Å². The fourth-order valence-corrected chi connectivity index (χ4v) is 0.625. The van der Waals surface area contributed by atoms with Gasteiger partial charge in [0.05, 0.1) is 11.9 Å². The minimum absolute atomic E-state index is 0.226. The summed E-state index contributed by atoms with van der Waals surface area (Å²) in [6.45, 7) is 0. The molecule has 0 fully saturated rings. The van der Waals surface area contributed by atoms with E-state index in [2.05, 4.69) is 10.4 Å². The number of anilines is 1. The SMILES string of the molecule is NNc1ccc(C(N)=O)nc1. The lowest BCUT2D eigenvalue weighted by Gasteiger charge is -1.98. The average molecular weight is 152 g/mol. The predicted octanol–water partition coefficient (Wildman–Crippen LogP) is -0.534. The fraction of sp³-hybridized carbons (Fsp3) is 0. The van der Waals surface area contributed by atoms with E-state index in [1.165, 1.54) is 12.3 Å². The number of nitrogens with zero attached hydrogens (tertiary/aromatic N) is 1. The van der Waals surface area contributed by atoms with E-state index in [1.54, 1.807) is 6.07 Å². The number of amides is 1. The highest BCUT2D eigenvalue weighted by molar-refractivity contribution is 5.90. The highest BCUT2D eigenvalue weighted by Crippen LogP contribution is 2.02. The van der Waals surface area contributed by atoms with Crippen molar-refractivity contribution in [2.75, 3.05) is 5.43 Å². The van der Waals surface area contributed by atoms with Crippen LogP contribution in [-0.4, -0.2) is 10.9 Å². The van der Waals surface area contributed by atoms with Gasteiger partial charge < -0.3 is 11.2 Å². The van der Waals surface area contributed by atoms with E-state index in [1.807, 2.05) is 0 Å². The van der Waals surface area contributed by atoms with Gasteiger partial charge in [0.1, 0.15) is 5.69 Å². The third kappa shape index (κ3) is 1.65. The molecule has 0 aliphatic rings. The number of hydrogen-bond acceptors (Lipinski definition) is 4. The molecular weight excluding hydrogens is 144 g/mol. The summed E-state index contributed by atoms with van der Waals surface area (Å²) >= 11 is 0. The van der Waals surface area contributed by atoms with Gasteiger partial charge in [0.2, 0.25) is 0 Å². The Labute approximate surface area is 63.4 Å². The van der Waals surface area contributed by atoms with Crippen LogP contribution in [0.25, 0.3) is 0 Å². The van der Waals surface area contributed by atoms with Crippen LogP contribution in [-0.2, 0) is 0 Å². The first-order valence-electron chi connectivity index (χ1n) is 2.96. The zero-order valence-electron chi connectivity index (χ0n) is 5.74. The number of aromatic nitrogens is 1. The van der Waals surface area contributed by atoms with Gasteiger partial charge in [-0.25, -0.2) is 4.98 Å². The Balaban J connectivity index is 2.91. The number of nitrogens with two attached hydrogens (primary N) is 2. The molecule has 0 unspecified atom stereocenters. The highest BCUT2D eigenvalue weighted by Gasteiger charge is 1.99. The standard InChI is InChI=1S/C6H8N4O/c7-6(11)5-2-1-4(10-8)3-9-5/h1-3,10H,8H2,(H2,7,11). The van der Waals surface area contributed by atoms with E-state index in [0.717, 1.165) is 0 Å². The van der Waals surface area contributed by atoms with Crippen molar-refractivity contribution in [2.45, 2.75) is 0 Å². The summed E-state index contributed by atoms with van der Waals surface area (Å²) in [4.78, 5) is 14.2. The Morgan fingerprint density at radius 2 is 2.27 bits per heavy atom. The first-order chi connectivity index (χ1) is 5.24. The quantitative estimate of drug-likeness (QED) is 0.392. The molecule has 5 N–H and O–H groups in total. The van der Waals surface area contributed by atoms with E-state index in [0.29, 0.717) is 5.69 Å². The van der Waals surface area contributed by atoms with Crippen LogP contribution in [0.4, 0.5) is 5.69 Å². The van der Waals surface area contributed by atoms with Crippen molar-refractivity contribution in [1.82, 2.24) is 4.98 Å². The Bertz CT molecular complexity index is 256. The second kappa shape index (κ2) is 2.98. The molecule has 0 aliphatic heterocycles. The maximum absolute atomic E-state index is 10.5. The molecule has 58 valence electrons. The van der Waals surface area contributed by atoms with Crippen molar-refractivity contribution in [3.8, 4) is 0 Å². The number of hydrogen-bond donors (Lipinski definition) is 3. The van der Waals surface area contributed by atoms with Crippen molar-refractivity contribution >= 4 is 11.6 Å². The van der Waals surface area contributed by atoms with Gasteiger partial charge in [-0.1, -0.05) is 0 Å². The highest BCUT2D eigenvalue weighted by atomic mass is 16.1. The lowest BCUT2D eigenvalue weighted by molar-refractivity contribution is 0.0995. The van der Waals surface area contributed by atoms with Crippen LogP contribution in [0.1, 0.15) is 10.5 Å². The maximum Gasteiger partial charge on any atom is 0.267 e. The third-order valence-corrected chi connectivity index (χ3v) is 1.18. The second-order valence-corrected chi connectivity index (χ2v) is 1.94. The van der Waals surface area contributed by atoms with Gasteiger partial charge in [-0.2, -0.15) is 0 Å². The molecule has 1 amide bonds. The number of rotatable bonds is 2. The summed E-state index contributed by atoms with van der Waals surface area (Å²) < 4.78 is 0. The van der Waals surface area contributed by atoms with E-state index < -0.39 is 5.91 Å². The molecule has 1 rings (SSSR count). The zero-order chi connectivity index (χ0) is 8.27. The van der Waals surface area contributed by atoms with Crippen LogP contribution < -0.4 is 17.0 Å². The molecule has 5 heteroatoms. The largest absolute Gasteiger partial charge is 0.364 e. The molecule has 1 aromatic heterocycles. The molecule has 0 aromatic carbocycles. The third-order valence-electron chi connectivity index (χ3n) is 1.18. The Hall–Kier alpha value is -1.62. The second-order valence-electron chi connectivity index (χ2n) is 1.94. The van der Waals surface area contributed by atoms with Crippen LogP contribution in [0.15, 0.2) is 18.3 Å². The summed E-state index contributed by atoms with van der Waals surface area (Å²) in [5.41, 5.74) is 8.19. The summed E-state index contributed by atoms with van der Waals surface area (Å²) in [6.07, 6.45) is 1.43. The van der Waals surface area contributed by atoms with Crippen LogP contribution in [0.5, 0.6) is 0 Å². The summed E-state index contributed by atoms with van der Waals surface area (Å²) in [6, 6.07) is 3.12. The lowest BCUT2D eigenvalue weighted by Crippen LogP contribution is -2.13. The smallest absolute Gasteiger partial charge is 0.267 e. The number of carbonyl (C=O) groups excluding carboxylic acids is 1. The average Bonchev–Trinajstić information content (AvgIpc) is 2.05. The number of primary amides is 1. The minimum Gasteiger partial charge on any atom is -0.364 e. The molecule has 0 saturated heterocycles. The zero-order valence-corrected chi connectivity index (χ0v) is 5.74. The molecule has 5 nitrogen and oxygen atoms in total. The normalized spacial score (nSPS) is 9.18. The Kier molecular flexibility index (Phi) is 2.03. The molecule has 1 heterocycles. The van der Waals surface area contributed by atoms with Crippen LogP contribution in [0, 0.1) is 0 Å². The number of nitrogen functional groups attached to an aromatic ring is 1. The lowest BCUT2D eigenvalue weighted by atomic mass is 10.3. The molecule has 0 saturated carbocycles. The maximum atomic E-state index is 10.5. The number of hydrazine groups is 1. The summed E-state index contributed by atoms with van der Waals surface area (Å²) in [5.74, 6) is 4.52. The van der Waals surface area contributed by atoms with Crippen molar-refractivity contribution < 1.29 is 4.79 Å². The van der Waals surface area contributed by atoms with Crippen LogP contribution in [0.3, 0.4) is 0 Å². The number of pyridine rings is 1. The molecule has 0 atom stereocenters. The summed E-state index contributed by atoms with van der Waals surface area (Å²) in [5, 5.41) is 0. The topological polar surface area (TPSA) is 94.0 Å². The Morgan fingerprint density at radius 3 is 2.64 bits per heavy atom. The van der Waals surface area contributed by atoms with Crippen molar-refractivity contribution in [3.63, 3.8) is 0 Å². The first kappa shape index (κ1) is 7.49. The van der Waals surface area contributed by atoms with Gasteiger partial charge in [0, 0.05) is 0 Å². The van der Waals surface area contributed by atoms with Gasteiger partial charge in [0.25, 0.3) is 5.91 Å². The monoisotopic (exact) mass is 152 g/mol. The van der Waals surface area contributed by atoms with E-state index in [4.69, 9.17) is 11.6 Å². The molecule has 0 spiro atoms. The minimum atomic E-state index is -0.548. The van der Waals surface area contributed by atoms with Gasteiger partial charge in [-0.05, 0) is 12.1 Å². The number of carbonyl (C=O) groups is 1. The van der Waals surface area contributed by atoms with Gasteiger partial charge in [-0.3, -0.25) is 10.6 Å². The van der Waals surface area contributed by atoms with Crippen molar-refractivity contribution in [1.29, 1.82) is 0 Å². The van der Waals surface area contributed by atoms with E-state index in [-0.39, 0.29) is 5.69 Å². The Morgan fingerprint density at radius 1 is 1.55 bits per heavy atom. The fourth-order valence-electron chi connectivity index (χ4n) is 0.625.